The second-order valence-corrected chi connectivity index (χ2v) is 9.78. The predicted molar refractivity (Wildman–Crippen MR) is 133 cm³/mol. The van der Waals surface area contributed by atoms with Crippen molar-refractivity contribution in [1.29, 1.82) is 0 Å². The normalized spacial score (nSPS) is 11.4. The van der Waals surface area contributed by atoms with Crippen LogP contribution in [0, 0.1) is 0 Å². The molecule has 4 rings (SSSR count). The van der Waals surface area contributed by atoms with E-state index in [1.165, 1.54) is 0 Å². The molecule has 6 nitrogen and oxygen atoms in total. The van der Waals surface area contributed by atoms with Gasteiger partial charge < -0.3 is 22.9 Å². The number of nitrogen functional groups attached to an aromatic ring is 4. The molecule has 0 aliphatic carbocycles. The minimum absolute atomic E-state index is 0.612. The number of hydrogen-bond acceptors (Lipinski definition) is 6. The predicted octanol–water partition coefficient (Wildman–Crippen LogP) is 4.04. The molecule has 0 aromatic heterocycles. The molecule has 4 aromatic carbocycles. The SMILES string of the molecule is Nc1ccc(S(=O)c2ccc(N)cc2)cc1.Nc1ccc(S(=O)c2cccc(N)c2)cc1. The quantitative estimate of drug-likeness (QED) is 0.336. The van der Waals surface area contributed by atoms with E-state index in [9.17, 15) is 8.42 Å². The Balaban J connectivity index is 0.000000181. The molecule has 0 fully saturated rings. The van der Waals surface area contributed by atoms with Crippen molar-refractivity contribution in [1.82, 2.24) is 0 Å². The van der Waals surface area contributed by atoms with Gasteiger partial charge in [-0.1, -0.05) is 6.07 Å². The van der Waals surface area contributed by atoms with Gasteiger partial charge in [0.2, 0.25) is 0 Å². The number of benzene rings is 4. The lowest BCUT2D eigenvalue weighted by Crippen LogP contribution is -1.95. The van der Waals surface area contributed by atoms with Crippen molar-refractivity contribution in [3.8, 4) is 0 Å². The minimum Gasteiger partial charge on any atom is -0.399 e. The van der Waals surface area contributed by atoms with Crippen LogP contribution in [-0.4, -0.2) is 8.42 Å². The maximum Gasteiger partial charge on any atom is 0.0850 e. The third kappa shape index (κ3) is 6.19. The van der Waals surface area contributed by atoms with Gasteiger partial charge in [-0.2, -0.15) is 0 Å². The first-order valence-electron chi connectivity index (χ1n) is 9.59. The lowest BCUT2D eigenvalue weighted by atomic mass is 10.3. The fraction of sp³-hybridized carbons (Fsp3) is 0. The van der Waals surface area contributed by atoms with Gasteiger partial charge in [0.05, 0.1) is 21.6 Å². The summed E-state index contributed by atoms with van der Waals surface area (Å²) in [5, 5.41) is 0. The van der Waals surface area contributed by atoms with Crippen LogP contribution in [0.3, 0.4) is 0 Å². The molecule has 4 aromatic rings. The average Bonchev–Trinajstić information content (AvgIpc) is 2.80. The molecule has 0 saturated carbocycles. The molecule has 164 valence electrons. The zero-order valence-corrected chi connectivity index (χ0v) is 18.8. The summed E-state index contributed by atoms with van der Waals surface area (Å²) in [6, 6.07) is 28.1. The van der Waals surface area contributed by atoms with E-state index in [0.717, 1.165) is 14.7 Å². The lowest BCUT2D eigenvalue weighted by molar-refractivity contribution is 0.682. The summed E-state index contributed by atoms with van der Waals surface area (Å²) >= 11 is 0. The van der Waals surface area contributed by atoms with Crippen molar-refractivity contribution in [2.24, 2.45) is 0 Å². The molecule has 32 heavy (non-hydrogen) atoms. The number of nitrogens with two attached hydrogens (primary N) is 4. The van der Waals surface area contributed by atoms with Crippen molar-refractivity contribution in [2.75, 3.05) is 22.9 Å². The minimum atomic E-state index is -1.20. The van der Waals surface area contributed by atoms with E-state index in [4.69, 9.17) is 22.9 Å². The summed E-state index contributed by atoms with van der Waals surface area (Å²) in [5.74, 6) is 0. The largest absolute Gasteiger partial charge is 0.399 e. The van der Waals surface area contributed by atoms with Gasteiger partial charge in [0.15, 0.2) is 0 Å². The topological polar surface area (TPSA) is 138 Å². The maximum absolute atomic E-state index is 12.1. The Labute approximate surface area is 192 Å². The standard InChI is InChI=1S/2C12H12N2OS/c13-9-1-5-11(6-2-9)16(15)12-7-3-10(14)4-8-12;13-9-4-6-11(7-5-9)16(15)12-3-1-2-10(14)8-12/h2*1-8H,13-14H2. The molecular weight excluding hydrogens is 440 g/mol. The van der Waals surface area contributed by atoms with Gasteiger partial charge in [0.1, 0.15) is 0 Å². The first kappa shape index (κ1) is 23.1. The molecular formula is C24H24N4O2S2. The zero-order chi connectivity index (χ0) is 23.1. The van der Waals surface area contributed by atoms with E-state index >= 15 is 0 Å². The smallest absolute Gasteiger partial charge is 0.0850 e. The van der Waals surface area contributed by atoms with E-state index < -0.39 is 21.6 Å². The second-order valence-electron chi connectivity index (χ2n) is 6.82. The summed E-state index contributed by atoms with van der Waals surface area (Å²) in [5.41, 5.74) is 25.0. The van der Waals surface area contributed by atoms with Crippen LogP contribution in [0.15, 0.2) is 117 Å². The average molecular weight is 465 g/mol. The molecule has 0 aliphatic heterocycles. The lowest BCUT2D eigenvalue weighted by Gasteiger charge is -2.03. The Morgan fingerprint density at radius 1 is 0.406 bits per heavy atom. The molecule has 0 bridgehead atoms. The van der Waals surface area contributed by atoms with Crippen LogP contribution in [0.25, 0.3) is 0 Å². The maximum atomic E-state index is 12.1. The molecule has 0 amide bonds. The third-order valence-corrected chi connectivity index (χ3v) is 7.14. The summed E-state index contributed by atoms with van der Waals surface area (Å²) in [6.45, 7) is 0. The van der Waals surface area contributed by atoms with E-state index in [0.29, 0.717) is 27.6 Å². The van der Waals surface area contributed by atoms with Crippen LogP contribution >= 0.6 is 0 Å². The van der Waals surface area contributed by atoms with Crippen molar-refractivity contribution >= 4 is 44.3 Å². The molecule has 8 heteroatoms. The van der Waals surface area contributed by atoms with Crippen LogP contribution in [0.2, 0.25) is 0 Å². The summed E-state index contributed by atoms with van der Waals surface area (Å²) in [4.78, 5) is 2.89. The Kier molecular flexibility index (Phi) is 7.64. The van der Waals surface area contributed by atoms with Gasteiger partial charge in [-0.05, 0) is 91.0 Å². The van der Waals surface area contributed by atoms with E-state index in [-0.39, 0.29) is 0 Å². The highest BCUT2D eigenvalue weighted by molar-refractivity contribution is 7.85. The fourth-order valence-corrected chi connectivity index (χ4v) is 4.82. The molecule has 0 aliphatic rings. The summed E-state index contributed by atoms with van der Waals surface area (Å²) < 4.78 is 24.2. The van der Waals surface area contributed by atoms with Crippen molar-refractivity contribution in [3.05, 3.63) is 97.1 Å². The van der Waals surface area contributed by atoms with E-state index in [1.807, 2.05) is 0 Å². The Bertz CT molecular complexity index is 1180. The Morgan fingerprint density at radius 2 is 0.750 bits per heavy atom. The summed E-state index contributed by atoms with van der Waals surface area (Å²) in [6.07, 6.45) is 0. The van der Waals surface area contributed by atoms with Crippen LogP contribution in [0.5, 0.6) is 0 Å². The first-order valence-corrected chi connectivity index (χ1v) is 11.9. The van der Waals surface area contributed by atoms with Crippen molar-refractivity contribution < 1.29 is 8.42 Å². The van der Waals surface area contributed by atoms with E-state index in [1.54, 1.807) is 97.1 Å². The van der Waals surface area contributed by atoms with Crippen LogP contribution in [-0.2, 0) is 21.6 Å². The Morgan fingerprint density at radius 3 is 1.09 bits per heavy atom. The van der Waals surface area contributed by atoms with Gasteiger partial charge >= 0.3 is 0 Å². The molecule has 0 radical (unpaired) electrons. The monoisotopic (exact) mass is 464 g/mol. The number of hydrogen-bond donors (Lipinski definition) is 4. The third-order valence-electron chi connectivity index (χ3n) is 4.35. The van der Waals surface area contributed by atoms with Crippen LogP contribution in [0.1, 0.15) is 0 Å². The van der Waals surface area contributed by atoms with Crippen molar-refractivity contribution in [2.45, 2.75) is 19.6 Å². The molecule has 1 unspecified atom stereocenters. The van der Waals surface area contributed by atoms with Gasteiger partial charge in [0, 0.05) is 42.3 Å². The Hall–Kier alpha value is -3.62. The number of anilines is 4. The zero-order valence-electron chi connectivity index (χ0n) is 17.2. The van der Waals surface area contributed by atoms with Crippen molar-refractivity contribution in [3.63, 3.8) is 0 Å². The molecule has 8 N–H and O–H groups in total. The highest BCUT2D eigenvalue weighted by Gasteiger charge is 2.07. The van der Waals surface area contributed by atoms with Gasteiger partial charge in [-0.25, -0.2) is 8.42 Å². The molecule has 0 saturated heterocycles. The van der Waals surface area contributed by atoms with E-state index in [2.05, 4.69) is 0 Å². The highest BCUT2D eigenvalue weighted by atomic mass is 32.2. The molecule has 1 atom stereocenters. The van der Waals surface area contributed by atoms with Gasteiger partial charge in [-0.3, -0.25) is 0 Å². The number of rotatable bonds is 4. The van der Waals surface area contributed by atoms with Crippen LogP contribution < -0.4 is 22.9 Å². The van der Waals surface area contributed by atoms with Gasteiger partial charge in [-0.15, -0.1) is 0 Å². The highest BCUT2D eigenvalue weighted by Crippen LogP contribution is 2.20. The van der Waals surface area contributed by atoms with Crippen LogP contribution in [0.4, 0.5) is 22.7 Å². The molecule has 0 heterocycles. The van der Waals surface area contributed by atoms with Gasteiger partial charge in [0.25, 0.3) is 0 Å². The second kappa shape index (κ2) is 10.6. The first-order chi connectivity index (χ1) is 15.3. The fourth-order valence-electron chi connectivity index (χ4n) is 2.68. The summed E-state index contributed by atoms with van der Waals surface area (Å²) in [7, 11) is -2.38. The molecule has 0 spiro atoms.